The topological polar surface area (TPSA) is 86.7 Å². The molecule has 6 nitrogen and oxygen atoms in total. The number of carboxylic acids is 1. The predicted molar refractivity (Wildman–Crippen MR) is 106 cm³/mol. The summed E-state index contributed by atoms with van der Waals surface area (Å²) in [4.78, 5) is 37.2. The highest BCUT2D eigenvalue weighted by Crippen LogP contribution is 2.31. The van der Waals surface area contributed by atoms with Gasteiger partial charge in [0.1, 0.15) is 5.75 Å². The van der Waals surface area contributed by atoms with E-state index in [0.29, 0.717) is 10.5 Å². The van der Waals surface area contributed by atoms with E-state index in [2.05, 4.69) is 0 Å². The van der Waals surface area contributed by atoms with Crippen molar-refractivity contribution in [2.24, 2.45) is 0 Å². The monoisotopic (exact) mass is 386 g/mol. The molecule has 0 unspecified atom stereocenters. The third kappa shape index (κ3) is 3.36. The van der Waals surface area contributed by atoms with Gasteiger partial charge in [-0.25, -0.2) is 0 Å². The molecule has 6 heteroatoms. The standard InChI is InChI=1S/C23H17NO5/c1-29-17-9-8-15-10-14(6-7-16(15)12-17)11-20-18-4-2-3-5-19(18)22(27)24(23(20)28)13-21(25)26/h2-12H,13H2,1H3,(H,25,26)/p-1/b20-11-. The Morgan fingerprint density at radius 1 is 0.966 bits per heavy atom. The van der Waals surface area contributed by atoms with E-state index in [-0.39, 0.29) is 11.1 Å². The number of nitrogens with zero attached hydrogens (tertiary/aromatic N) is 1. The molecule has 0 bridgehead atoms. The fraction of sp³-hybridized carbons (Fsp3) is 0.0870. The van der Waals surface area contributed by atoms with Crippen molar-refractivity contribution in [1.82, 2.24) is 4.90 Å². The molecule has 0 aliphatic carbocycles. The Morgan fingerprint density at radius 3 is 2.38 bits per heavy atom. The molecule has 0 atom stereocenters. The Bertz CT molecular complexity index is 1190. The fourth-order valence-electron chi connectivity index (χ4n) is 3.44. The zero-order chi connectivity index (χ0) is 20.5. The van der Waals surface area contributed by atoms with Crippen molar-refractivity contribution in [1.29, 1.82) is 0 Å². The van der Waals surface area contributed by atoms with E-state index in [1.54, 1.807) is 37.5 Å². The van der Waals surface area contributed by atoms with Gasteiger partial charge in [-0.15, -0.1) is 0 Å². The van der Waals surface area contributed by atoms with Gasteiger partial charge in [-0.3, -0.25) is 14.5 Å². The Morgan fingerprint density at radius 2 is 1.66 bits per heavy atom. The highest BCUT2D eigenvalue weighted by Gasteiger charge is 2.34. The Kier molecular flexibility index (Phi) is 4.60. The number of aliphatic carboxylic acids is 1. The molecule has 0 saturated carbocycles. The number of benzene rings is 3. The van der Waals surface area contributed by atoms with Gasteiger partial charge in [-0.2, -0.15) is 0 Å². The second kappa shape index (κ2) is 7.24. The van der Waals surface area contributed by atoms with Crippen LogP contribution in [0.15, 0.2) is 60.7 Å². The van der Waals surface area contributed by atoms with Crippen LogP contribution in [0.3, 0.4) is 0 Å². The average molecular weight is 386 g/mol. The summed E-state index contributed by atoms with van der Waals surface area (Å²) in [5, 5.41) is 13.0. The van der Waals surface area contributed by atoms with E-state index < -0.39 is 24.3 Å². The number of hydrogen-bond donors (Lipinski definition) is 0. The van der Waals surface area contributed by atoms with Crippen LogP contribution in [0.5, 0.6) is 5.75 Å². The second-order valence-corrected chi connectivity index (χ2v) is 6.64. The van der Waals surface area contributed by atoms with Crippen molar-refractivity contribution in [2.75, 3.05) is 13.7 Å². The summed E-state index contributed by atoms with van der Waals surface area (Å²) in [5.74, 6) is -2.05. The number of ether oxygens (including phenoxy) is 1. The molecule has 0 aromatic heterocycles. The molecule has 2 amide bonds. The maximum atomic E-state index is 12.9. The Labute approximate surface area is 166 Å². The van der Waals surface area contributed by atoms with Crippen LogP contribution >= 0.6 is 0 Å². The first-order valence-corrected chi connectivity index (χ1v) is 8.93. The number of amides is 2. The summed E-state index contributed by atoms with van der Waals surface area (Å²) in [7, 11) is 1.60. The number of carboxylic acid groups (broad SMARTS) is 1. The lowest BCUT2D eigenvalue weighted by molar-refractivity contribution is -0.305. The molecule has 1 aliphatic rings. The molecule has 0 radical (unpaired) electrons. The highest BCUT2D eigenvalue weighted by molar-refractivity contribution is 6.34. The lowest BCUT2D eigenvalue weighted by Crippen LogP contribution is -2.47. The van der Waals surface area contributed by atoms with E-state index in [0.717, 1.165) is 22.1 Å². The molecule has 1 aliphatic heterocycles. The van der Waals surface area contributed by atoms with Gasteiger partial charge >= 0.3 is 0 Å². The van der Waals surface area contributed by atoms with Crippen LogP contribution in [0.1, 0.15) is 21.5 Å². The highest BCUT2D eigenvalue weighted by atomic mass is 16.5. The summed E-state index contributed by atoms with van der Waals surface area (Å²) in [6.45, 7) is -0.791. The zero-order valence-electron chi connectivity index (χ0n) is 15.5. The number of hydrogen-bond acceptors (Lipinski definition) is 5. The SMILES string of the molecule is COc1ccc2cc(/C=C3\C(=O)N(CC(=O)[O-])C(=O)c4ccccc43)ccc2c1. The largest absolute Gasteiger partial charge is 0.548 e. The smallest absolute Gasteiger partial charge is 0.261 e. The first kappa shape index (κ1) is 18.4. The van der Waals surface area contributed by atoms with E-state index in [1.807, 2.05) is 36.4 Å². The van der Waals surface area contributed by atoms with Crippen molar-refractivity contribution in [3.05, 3.63) is 77.4 Å². The summed E-state index contributed by atoms with van der Waals surface area (Å²) in [6.07, 6.45) is 1.67. The number of imide groups is 1. The van der Waals surface area contributed by atoms with Crippen LogP contribution in [0.4, 0.5) is 0 Å². The summed E-state index contributed by atoms with van der Waals surface area (Å²) < 4.78 is 5.23. The first-order chi connectivity index (χ1) is 14.0. The van der Waals surface area contributed by atoms with Gasteiger partial charge < -0.3 is 14.6 Å². The number of methoxy groups -OCH3 is 1. The van der Waals surface area contributed by atoms with Gasteiger partial charge in [0.2, 0.25) is 0 Å². The van der Waals surface area contributed by atoms with Crippen LogP contribution in [0, 0.1) is 0 Å². The van der Waals surface area contributed by atoms with Gasteiger partial charge in [0.25, 0.3) is 11.8 Å². The second-order valence-electron chi connectivity index (χ2n) is 6.64. The lowest BCUT2D eigenvalue weighted by atomic mass is 9.91. The maximum Gasteiger partial charge on any atom is 0.261 e. The molecule has 3 aromatic rings. The van der Waals surface area contributed by atoms with Crippen molar-refractivity contribution < 1.29 is 24.2 Å². The third-order valence-corrected chi connectivity index (χ3v) is 4.84. The summed E-state index contributed by atoms with van der Waals surface area (Å²) >= 11 is 0. The summed E-state index contributed by atoms with van der Waals surface area (Å²) in [5.41, 5.74) is 1.77. The van der Waals surface area contributed by atoms with Crippen molar-refractivity contribution >= 4 is 40.2 Å². The van der Waals surface area contributed by atoms with Crippen molar-refractivity contribution in [3.63, 3.8) is 0 Å². The van der Waals surface area contributed by atoms with Crippen LogP contribution in [-0.4, -0.2) is 36.3 Å². The van der Waals surface area contributed by atoms with Gasteiger partial charge in [0.05, 0.1) is 19.6 Å². The summed E-state index contributed by atoms with van der Waals surface area (Å²) in [6, 6.07) is 18.0. The average Bonchev–Trinajstić information content (AvgIpc) is 2.73. The molecule has 29 heavy (non-hydrogen) atoms. The van der Waals surface area contributed by atoms with Gasteiger partial charge in [0, 0.05) is 11.1 Å². The van der Waals surface area contributed by atoms with E-state index >= 15 is 0 Å². The molecule has 0 N–H and O–H groups in total. The van der Waals surface area contributed by atoms with Crippen molar-refractivity contribution in [2.45, 2.75) is 0 Å². The van der Waals surface area contributed by atoms with Gasteiger partial charge in [-0.1, -0.05) is 36.4 Å². The van der Waals surface area contributed by atoms with Crippen molar-refractivity contribution in [3.8, 4) is 5.75 Å². The number of fused-ring (bicyclic) bond motifs is 2. The normalized spacial score (nSPS) is 14.9. The molecule has 0 spiro atoms. The first-order valence-electron chi connectivity index (χ1n) is 8.93. The van der Waals surface area contributed by atoms with Gasteiger partial charge in [-0.05, 0) is 52.2 Å². The minimum atomic E-state index is -1.50. The number of carbonyl (C=O) groups excluding carboxylic acids is 3. The third-order valence-electron chi connectivity index (χ3n) is 4.84. The molecule has 144 valence electrons. The maximum absolute atomic E-state index is 12.9. The van der Waals surface area contributed by atoms with Gasteiger partial charge in [0.15, 0.2) is 0 Å². The van der Waals surface area contributed by atoms with Crippen LogP contribution in [0.2, 0.25) is 0 Å². The molecule has 3 aromatic carbocycles. The minimum absolute atomic E-state index is 0.259. The number of carbonyl (C=O) groups is 3. The molecular formula is C23H16NO5-. The Balaban J connectivity index is 1.83. The van der Waals surface area contributed by atoms with E-state index in [1.165, 1.54) is 0 Å². The zero-order valence-corrected chi connectivity index (χ0v) is 15.5. The van der Waals surface area contributed by atoms with E-state index in [9.17, 15) is 19.5 Å². The Hall–Kier alpha value is -3.93. The number of rotatable bonds is 4. The van der Waals surface area contributed by atoms with Crippen LogP contribution in [-0.2, 0) is 9.59 Å². The molecule has 0 saturated heterocycles. The molecular weight excluding hydrogens is 370 g/mol. The molecule has 1 heterocycles. The molecule has 4 rings (SSSR count). The quantitative estimate of drug-likeness (QED) is 0.506. The van der Waals surface area contributed by atoms with Crippen LogP contribution in [0.25, 0.3) is 22.4 Å². The predicted octanol–water partition coefficient (Wildman–Crippen LogP) is 2.12. The fourth-order valence-corrected chi connectivity index (χ4v) is 3.44. The lowest BCUT2D eigenvalue weighted by Gasteiger charge is -2.28. The minimum Gasteiger partial charge on any atom is -0.548 e. The molecule has 0 fully saturated rings. The van der Waals surface area contributed by atoms with E-state index in [4.69, 9.17) is 4.74 Å². The van der Waals surface area contributed by atoms with Crippen LogP contribution < -0.4 is 9.84 Å².